The molecule has 0 aliphatic carbocycles. The second-order valence-electron chi connectivity index (χ2n) is 4.40. The highest BCUT2D eigenvalue weighted by atomic mass is 16.1. The fraction of sp³-hybridized carbons (Fsp3) is 0.286. The number of H-pyrrole nitrogens is 1. The third-order valence-corrected chi connectivity index (χ3v) is 2.98. The third-order valence-electron chi connectivity index (χ3n) is 2.98. The number of carbonyl (C=O) groups excluding carboxylic acids is 1. The number of amides is 1. The normalized spacial score (nSPS) is 10.3. The van der Waals surface area contributed by atoms with E-state index in [0.29, 0.717) is 12.2 Å². The van der Waals surface area contributed by atoms with E-state index in [4.69, 9.17) is 0 Å². The van der Waals surface area contributed by atoms with Crippen LogP contribution >= 0.6 is 0 Å². The Bertz CT molecular complexity index is 545. The van der Waals surface area contributed by atoms with Gasteiger partial charge in [0.25, 0.3) is 0 Å². The molecule has 1 aromatic carbocycles. The van der Waals surface area contributed by atoms with Gasteiger partial charge in [-0.05, 0) is 31.4 Å². The summed E-state index contributed by atoms with van der Waals surface area (Å²) in [6.45, 7) is 3.97. The number of benzene rings is 1. The van der Waals surface area contributed by atoms with Crippen LogP contribution < -0.4 is 5.32 Å². The smallest absolute Gasteiger partial charge is 0.225 e. The topological polar surface area (TPSA) is 57.8 Å². The molecule has 0 aliphatic heterocycles. The van der Waals surface area contributed by atoms with Crippen LogP contribution in [-0.4, -0.2) is 16.1 Å². The molecule has 0 saturated carbocycles. The summed E-state index contributed by atoms with van der Waals surface area (Å²) in [7, 11) is 0. The van der Waals surface area contributed by atoms with E-state index in [0.717, 1.165) is 12.0 Å². The van der Waals surface area contributed by atoms with E-state index in [1.165, 1.54) is 11.1 Å². The highest BCUT2D eigenvalue weighted by molar-refractivity contribution is 5.90. The Morgan fingerprint density at radius 1 is 1.28 bits per heavy atom. The number of hydrogen-bond acceptors (Lipinski definition) is 2. The highest BCUT2D eigenvalue weighted by Gasteiger charge is 2.07. The molecule has 4 heteroatoms. The summed E-state index contributed by atoms with van der Waals surface area (Å²) >= 11 is 0. The zero-order valence-corrected chi connectivity index (χ0v) is 10.7. The van der Waals surface area contributed by atoms with Crippen LogP contribution in [0.2, 0.25) is 0 Å². The third kappa shape index (κ3) is 2.97. The second-order valence-corrected chi connectivity index (χ2v) is 4.40. The molecule has 2 N–H and O–H groups in total. The molecule has 0 fully saturated rings. The minimum atomic E-state index is 0.00519. The van der Waals surface area contributed by atoms with Crippen molar-refractivity contribution in [2.24, 2.45) is 0 Å². The number of hydrogen-bond donors (Lipinski definition) is 2. The molecular formula is C14H17N3O. The Morgan fingerprint density at radius 2 is 2.06 bits per heavy atom. The molecular weight excluding hydrogens is 226 g/mol. The zero-order valence-electron chi connectivity index (χ0n) is 10.7. The number of carbonyl (C=O) groups is 1. The van der Waals surface area contributed by atoms with E-state index in [9.17, 15) is 4.79 Å². The van der Waals surface area contributed by atoms with Crippen molar-refractivity contribution in [3.8, 4) is 0 Å². The van der Waals surface area contributed by atoms with Gasteiger partial charge in [0, 0.05) is 12.0 Å². The number of anilines is 1. The van der Waals surface area contributed by atoms with Crippen molar-refractivity contribution in [2.45, 2.75) is 26.7 Å². The summed E-state index contributed by atoms with van der Waals surface area (Å²) in [6, 6.07) is 8.13. The first-order chi connectivity index (χ1) is 8.66. The molecule has 4 nitrogen and oxygen atoms in total. The van der Waals surface area contributed by atoms with E-state index in [1.807, 2.05) is 19.1 Å². The van der Waals surface area contributed by atoms with Gasteiger partial charge in [0.05, 0.1) is 6.20 Å². The average molecular weight is 243 g/mol. The van der Waals surface area contributed by atoms with E-state index in [1.54, 1.807) is 6.20 Å². The summed E-state index contributed by atoms with van der Waals surface area (Å²) in [4.78, 5) is 11.8. The van der Waals surface area contributed by atoms with Crippen molar-refractivity contribution in [1.29, 1.82) is 0 Å². The monoisotopic (exact) mass is 243 g/mol. The Hall–Kier alpha value is -2.10. The average Bonchev–Trinajstić information content (AvgIpc) is 2.74. The summed E-state index contributed by atoms with van der Waals surface area (Å²) in [5.74, 6) is 0.690. The van der Waals surface area contributed by atoms with Crippen molar-refractivity contribution in [3.63, 3.8) is 0 Å². The second kappa shape index (κ2) is 5.49. The van der Waals surface area contributed by atoms with Gasteiger partial charge in [-0.25, -0.2) is 0 Å². The van der Waals surface area contributed by atoms with Crippen LogP contribution in [-0.2, 0) is 11.2 Å². The maximum Gasteiger partial charge on any atom is 0.225 e. The minimum Gasteiger partial charge on any atom is -0.311 e. The van der Waals surface area contributed by atoms with Gasteiger partial charge in [-0.1, -0.05) is 24.3 Å². The van der Waals surface area contributed by atoms with Crippen LogP contribution in [0.4, 0.5) is 5.82 Å². The summed E-state index contributed by atoms with van der Waals surface area (Å²) in [6.07, 6.45) is 2.92. The molecule has 1 heterocycles. The molecule has 1 amide bonds. The molecule has 0 aliphatic rings. The molecule has 1 aromatic heterocycles. The predicted molar refractivity (Wildman–Crippen MR) is 71.5 cm³/mol. The lowest BCUT2D eigenvalue weighted by molar-refractivity contribution is -0.116. The molecule has 2 rings (SSSR count). The lowest BCUT2D eigenvalue weighted by atomic mass is 10.0. The van der Waals surface area contributed by atoms with Crippen molar-refractivity contribution >= 4 is 11.7 Å². The standard InChI is InChI=1S/C14H17N3O/c1-10-5-3-4-6-12(10)7-8-13(18)16-14-11(2)9-15-17-14/h3-6,9H,7-8H2,1-2H3,(H2,15,16,17,18). The van der Waals surface area contributed by atoms with Crippen LogP contribution in [0, 0.1) is 13.8 Å². The molecule has 0 unspecified atom stereocenters. The SMILES string of the molecule is Cc1ccccc1CCC(=O)Nc1[nH]ncc1C. The molecule has 18 heavy (non-hydrogen) atoms. The van der Waals surface area contributed by atoms with Gasteiger partial charge in [-0.2, -0.15) is 5.10 Å². The van der Waals surface area contributed by atoms with Gasteiger partial charge < -0.3 is 5.32 Å². The van der Waals surface area contributed by atoms with Crippen molar-refractivity contribution in [3.05, 3.63) is 47.2 Å². The number of nitrogens with zero attached hydrogens (tertiary/aromatic N) is 1. The molecule has 0 radical (unpaired) electrons. The molecule has 2 aromatic rings. The van der Waals surface area contributed by atoms with Gasteiger partial charge in [0.1, 0.15) is 5.82 Å². The summed E-state index contributed by atoms with van der Waals surface area (Å²) < 4.78 is 0. The van der Waals surface area contributed by atoms with Crippen LogP contribution in [0.25, 0.3) is 0 Å². The fourth-order valence-electron chi connectivity index (χ4n) is 1.81. The minimum absolute atomic E-state index is 0.00519. The van der Waals surface area contributed by atoms with Crippen molar-refractivity contribution in [1.82, 2.24) is 10.2 Å². The van der Waals surface area contributed by atoms with Gasteiger partial charge in [-0.3, -0.25) is 9.89 Å². The largest absolute Gasteiger partial charge is 0.311 e. The maximum atomic E-state index is 11.8. The number of rotatable bonds is 4. The Morgan fingerprint density at radius 3 is 2.72 bits per heavy atom. The van der Waals surface area contributed by atoms with Crippen LogP contribution in [0.3, 0.4) is 0 Å². The van der Waals surface area contributed by atoms with Crippen molar-refractivity contribution < 1.29 is 4.79 Å². The Kier molecular flexibility index (Phi) is 3.77. The lowest BCUT2D eigenvalue weighted by Gasteiger charge is -2.06. The molecule has 0 spiro atoms. The quantitative estimate of drug-likeness (QED) is 0.867. The number of aromatic amines is 1. The Balaban J connectivity index is 1.90. The molecule has 0 bridgehead atoms. The number of aromatic nitrogens is 2. The molecule has 0 atom stereocenters. The van der Waals surface area contributed by atoms with Crippen LogP contribution in [0.15, 0.2) is 30.5 Å². The summed E-state index contributed by atoms with van der Waals surface area (Å²) in [5, 5.41) is 9.45. The summed E-state index contributed by atoms with van der Waals surface area (Å²) in [5.41, 5.74) is 3.39. The lowest BCUT2D eigenvalue weighted by Crippen LogP contribution is -2.13. The molecule has 94 valence electrons. The van der Waals surface area contributed by atoms with Crippen LogP contribution in [0.1, 0.15) is 23.1 Å². The van der Waals surface area contributed by atoms with Crippen molar-refractivity contribution in [2.75, 3.05) is 5.32 Å². The van der Waals surface area contributed by atoms with Gasteiger partial charge in [0.15, 0.2) is 0 Å². The maximum absolute atomic E-state index is 11.8. The van der Waals surface area contributed by atoms with E-state index in [2.05, 4.69) is 34.6 Å². The number of nitrogens with one attached hydrogen (secondary N) is 2. The van der Waals surface area contributed by atoms with E-state index in [-0.39, 0.29) is 5.91 Å². The molecule has 0 saturated heterocycles. The first kappa shape index (κ1) is 12.4. The van der Waals surface area contributed by atoms with E-state index >= 15 is 0 Å². The van der Waals surface area contributed by atoms with Gasteiger partial charge in [-0.15, -0.1) is 0 Å². The first-order valence-corrected chi connectivity index (χ1v) is 6.01. The van der Waals surface area contributed by atoms with Crippen LogP contribution in [0.5, 0.6) is 0 Å². The Labute approximate surface area is 106 Å². The van der Waals surface area contributed by atoms with Gasteiger partial charge >= 0.3 is 0 Å². The zero-order chi connectivity index (χ0) is 13.0. The fourth-order valence-corrected chi connectivity index (χ4v) is 1.81. The first-order valence-electron chi connectivity index (χ1n) is 6.01. The predicted octanol–water partition coefficient (Wildman–Crippen LogP) is 2.60. The van der Waals surface area contributed by atoms with E-state index < -0.39 is 0 Å². The number of aryl methyl sites for hydroxylation is 3. The van der Waals surface area contributed by atoms with Gasteiger partial charge in [0.2, 0.25) is 5.91 Å². The highest BCUT2D eigenvalue weighted by Crippen LogP contribution is 2.12.